The fourth-order valence-corrected chi connectivity index (χ4v) is 5.60. The van der Waals surface area contributed by atoms with Crippen LogP contribution in [0, 0.1) is 0 Å². The Kier molecular flexibility index (Phi) is 9.77. The number of rotatable bonds is 9. The summed E-state index contributed by atoms with van der Waals surface area (Å²) in [5.74, 6) is 0.574. The number of unbranched alkanes of at least 4 members (excludes halogenated alkanes) is 1. The standard InChI is InChI=1S/C26H35N5O5S.ClH/c1-18-15-31(37(3,34)35)12-11-30(18)16-21-14-22-25(36-21)23(17-29(2)26(22)33)19-7-6-8-20(13-19)28-24(32)9-4-5-10-27;/h6-8,13-14,17-18H,4-5,9-12,15-16,27H2,1-3H3,(H,28,32);1H/t18-;/m1./s1. The number of carbonyl (C=O) groups excluding carboxylic acids is 1. The summed E-state index contributed by atoms with van der Waals surface area (Å²) in [7, 11) is -1.53. The number of pyridine rings is 1. The molecule has 38 heavy (non-hydrogen) atoms. The summed E-state index contributed by atoms with van der Waals surface area (Å²) in [6, 6.07) is 9.25. The number of halogens is 1. The van der Waals surface area contributed by atoms with Crippen LogP contribution >= 0.6 is 12.4 Å². The van der Waals surface area contributed by atoms with Gasteiger partial charge in [-0.25, -0.2) is 8.42 Å². The van der Waals surface area contributed by atoms with Crippen LogP contribution in [0.5, 0.6) is 0 Å². The highest BCUT2D eigenvalue weighted by atomic mass is 35.5. The molecular weight excluding hydrogens is 530 g/mol. The van der Waals surface area contributed by atoms with Crippen LogP contribution in [0.3, 0.4) is 0 Å². The molecule has 208 valence electrons. The summed E-state index contributed by atoms with van der Waals surface area (Å²) < 4.78 is 33.1. The Labute approximate surface area is 229 Å². The van der Waals surface area contributed by atoms with Gasteiger partial charge in [-0.05, 0) is 50.1 Å². The van der Waals surface area contributed by atoms with Gasteiger partial charge in [0.2, 0.25) is 15.9 Å². The number of aromatic nitrogens is 1. The van der Waals surface area contributed by atoms with E-state index in [1.54, 1.807) is 19.3 Å². The van der Waals surface area contributed by atoms with E-state index in [9.17, 15) is 18.0 Å². The molecule has 10 nitrogen and oxygen atoms in total. The highest BCUT2D eigenvalue weighted by Gasteiger charge is 2.29. The van der Waals surface area contributed by atoms with Gasteiger partial charge in [0.25, 0.3) is 5.56 Å². The summed E-state index contributed by atoms with van der Waals surface area (Å²) in [5, 5.41) is 3.41. The molecule has 1 aliphatic heterocycles. The lowest BCUT2D eigenvalue weighted by atomic mass is 10.0. The molecule has 2 aromatic heterocycles. The van der Waals surface area contributed by atoms with Gasteiger partial charge in [0.15, 0.2) is 0 Å². The number of nitrogens with two attached hydrogens (primary N) is 1. The minimum absolute atomic E-state index is 0. The average Bonchev–Trinajstić information content (AvgIpc) is 3.26. The molecular formula is C26H36ClN5O5S. The molecule has 1 aromatic carbocycles. The third-order valence-corrected chi connectivity index (χ3v) is 8.04. The minimum Gasteiger partial charge on any atom is -0.459 e. The number of nitrogens with zero attached hydrogens (tertiary/aromatic N) is 3. The summed E-state index contributed by atoms with van der Waals surface area (Å²) in [4.78, 5) is 27.4. The van der Waals surface area contributed by atoms with Gasteiger partial charge < -0.3 is 20.0 Å². The molecule has 0 unspecified atom stereocenters. The number of sulfonamides is 1. The van der Waals surface area contributed by atoms with E-state index in [0.717, 1.165) is 24.0 Å². The quantitative estimate of drug-likeness (QED) is 0.381. The number of amides is 1. The molecule has 1 aliphatic rings. The first-order chi connectivity index (χ1) is 17.6. The molecule has 1 saturated heterocycles. The second kappa shape index (κ2) is 12.4. The molecule has 0 radical (unpaired) electrons. The molecule has 3 N–H and O–H groups in total. The molecule has 12 heteroatoms. The molecule has 1 atom stereocenters. The van der Waals surface area contributed by atoms with Crippen molar-refractivity contribution < 1.29 is 17.6 Å². The predicted molar refractivity (Wildman–Crippen MR) is 152 cm³/mol. The van der Waals surface area contributed by atoms with Crippen LogP contribution in [-0.2, 0) is 28.4 Å². The molecule has 4 rings (SSSR count). The zero-order chi connectivity index (χ0) is 26.7. The van der Waals surface area contributed by atoms with Crippen LogP contribution in [-0.4, -0.2) is 66.6 Å². The molecule has 3 heterocycles. The average molecular weight is 566 g/mol. The maximum Gasteiger partial charge on any atom is 0.261 e. The van der Waals surface area contributed by atoms with Gasteiger partial charge in [0.1, 0.15) is 11.3 Å². The fraction of sp³-hybridized carbons (Fsp3) is 0.462. The molecule has 0 bridgehead atoms. The number of fused-ring (bicyclic) bond motifs is 1. The van der Waals surface area contributed by atoms with Crippen molar-refractivity contribution in [2.75, 3.05) is 37.8 Å². The van der Waals surface area contributed by atoms with Crippen LogP contribution < -0.4 is 16.6 Å². The third-order valence-electron chi connectivity index (χ3n) is 6.77. The Hall–Kier alpha value is -2.70. The molecule has 0 spiro atoms. The van der Waals surface area contributed by atoms with Crippen molar-refractivity contribution in [2.24, 2.45) is 12.8 Å². The summed E-state index contributed by atoms with van der Waals surface area (Å²) in [6.45, 7) is 4.42. The van der Waals surface area contributed by atoms with E-state index in [0.29, 0.717) is 61.6 Å². The van der Waals surface area contributed by atoms with E-state index in [-0.39, 0.29) is 29.9 Å². The number of aryl methyl sites for hydroxylation is 1. The summed E-state index contributed by atoms with van der Waals surface area (Å²) in [5.41, 5.74) is 8.08. The number of hydrogen-bond acceptors (Lipinski definition) is 7. The first-order valence-corrected chi connectivity index (χ1v) is 14.3. The monoisotopic (exact) mass is 565 g/mol. The SMILES string of the molecule is C[C@@H]1CN(S(C)(=O)=O)CCN1Cc1cc2c(=O)n(C)cc(-c3cccc(NC(=O)CCCCN)c3)c2o1.Cl. The van der Waals surface area contributed by atoms with Gasteiger partial charge in [0, 0.05) is 56.6 Å². The second-order valence-corrected chi connectivity index (χ2v) is 11.7. The van der Waals surface area contributed by atoms with E-state index in [1.165, 1.54) is 15.1 Å². The fourth-order valence-electron chi connectivity index (χ4n) is 4.70. The van der Waals surface area contributed by atoms with Crippen molar-refractivity contribution >= 4 is 45.0 Å². The largest absolute Gasteiger partial charge is 0.459 e. The number of benzene rings is 1. The zero-order valence-corrected chi connectivity index (χ0v) is 23.6. The van der Waals surface area contributed by atoms with Gasteiger partial charge in [-0.3, -0.25) is 14.5 Å². The van der Waals surface area contributed by atoms with E-state index in [4.69, 9.17) is 10.2 Å². The van der Waals surface area contributed by atoms with Crippen molar-refractivity contribution in [1.29, 1.82) is 0 Å². The lowest BCUT2D eigenvalue weighted by molar-refractivity contribution is -0.116. The van der Waals surface area contributed by atoms with Crippen molar-refractivity contribution in [1.82, 2.24) is 13.8 Å². The molecule has 0 saturated carbocycles. The Morgan fingerprint density at radius 2 is 1.97 bits per heavy atom. The van der Waals surface area contributed by atoms with Crippen LogP contribution in [0.15, 0.2) is 45.7 Å². The molecule has 1 fully saturated rings. The summed E-state index contributed by atoms with van der Waals surface area (Å²) in [6.07, 6.45) is 4.92. The first-order valence-electron chi connectivity index (χ1n) is 12.5. The van der Waals surface area contributed by atoms with Crippen molar-refractivity contribution in [3.05, 3.63) is 52.6 Å². The third kappa shape index (κ3) is 6.83. The van der Waals surface area contributed by atoms with Gasteiger partial charge in [-0.2, -0.15) is 4.31 Å². The van der Waals surface area contributed by atoms with Crippen molar-refractivity contribution in [2.45, 2.75) is 38.8 Å². The van der Waals surface area contributed by atoms with Gasteiger partial charge in [0.05, 0.1) is 18.2 Å². The smallest absolute Gasteiger partial charge is 0.261 e. The van der Waals surface area contributed by atoms with E-state index in [2.05, 4.69) is 10.2 Å². The number of furan rings is 1. The van der Waals surface area contributed by atoms with E-state index in [1.807, 2.05) is 31.2 Å². The number of nitrogens with one attached hydrogen (secondary N) is 1. The normalized spacial score (nSPS) is 16.9. The van der Waals surface area contributed by atoms with Crippen molar-refractivity contribution in [3.63, 3.8) is 0 Å². The van der Waals surface area contributed by atoms with Gasteiger partial charge >= 0.3 is 0 Å². The van der Waals surface area contributed by atoms with Gasteiger partial charge in [-0.1, -0.05) is 12.1 Å². The molecule has 1 amide bonds. The number of piperazine rings is 1. The van der Waals surface area contributed by atoms with Crippen LogP contribution in [0.4, 0.5) is 5.69 Å². The maximum atomic E-state index is 12.9. The second-order valence-electron chi connectivity index (χ2n) is 9.73. The van der Waals surface area contributed by atoms with E-state index >= 15 is 0 Å². The highest BCUT2D eigenvalue weighted by Crippen LogP contribution is 2.31. The van der Waals surface area contributed by atoms with E-state index < -0.39 is 10.0 Å². The maximum absolute atomic E-state index is 12.9. The topological polar surface area (TPSA) is 131 Å². The minimum atomic E-state index is -3.23. The Morgan fingerprint density at radius 1 is 1.21 bits per heavy atom. The lowest BCUT2D eigenvalue weighted by Crippen LogP contribution is -2.52. The van der Waals surface area contributed by atoms with Crippen LogP contribution in [0.1, 0.15) is 31.9 Å². The Morgan fingerprint density at radius 3 is 2.66 bits per heavy atom. The molecule has 0 aliphatic carbocycles. The summed E-state index contributed by atoms with van der Waals surface area (Å²) >= 11 is 0. The highest BCUT2D eigenvalue weighted by molar-refractivity contribution is 7.88. The zero-order valence-electron chi connectivity index (χ0n) is 22.0. The van der Waals surface area contributed by atoms with Gasteiger partial charge in [-0.15, -0.1) is 12.4 Å². The van der Waals surface area contributed by atoms with Crippen molar-refractivity contribution in [3.8, 4) is 11.1 Å². The Balaban J connectivity index is 0.00000400. The number of carbonyl (C=O) groups is 1. The predicted octanol–water partition coefficient (Wildman–Crippen LogP) is 2.75. The lowest BCUT2D eigenvalue weighted by Gasteiger charge is -2.38. The first kappa shape index (κ1) is 29.9. The Bertz CT molecular complexity index is 1450. The van der Waals surface area contributed by atoms with Crippen LogP contribution in [0.2, 0.25) is 0 Å². The number of anilines is 1. The number of hydrogen-bond donors (Lipinski definition) is 2. The van der Waals surface area contributed by atoms with Crippen LogP contribution in [0.25, 0.3) is 22.1 Å². The molecule has 3 aromatic rings.